The van der Waals surface area contributed by atoms with Crippen molar-refractivity contribution in [2.45, 2.75) is 18.5 Å². The maximum Gasteiger partial charge on any atom is 0.101 e. The van der Waals surface area contributed by atoms with Gasteiger partial charge in [-0.05, 0) is 17.2 Å². The van der Waals surface area contributed by atoms with E-state index in [9.17, 15) is 0 Å². The van der Waals surface area contributed by atoms with Gasteiger partial charge in [-0.25, -0.2) is 0 Å². The van der Waals surface area contributed by atoms with Gasteiger partial charge < -0.3 is 0 Å². The molecule has 0 radical (unpaired) electrons. The molecule has 2 atom stereocenters. The molecule has 0 amide bonds. The van der Waals surface area contributed by atoms with Crippen molar-refractivity contribution in [3.63, 3.8) is 0 Å². The lowest BCUT2D eigenvalue weighted by Crippen LogP contribution is -2.15. The van der Waals surface area contributed by atoms with Crippen molar-refractivity contribution >= 4 is 12.4 Å². The highest BCUT2D eigenvalue weighted by Crippen LogP contribution is 2.30. The van der Waals surface area contributed by atoms with Crippen LogP contribution in [0.2, 0.25) is 0 Å². The molecular formula is C13H12N2. The fourth-order valence-electron chi connectivity index (χ4n) is 2.18. The van der Waals surface area contributed by atoms with E-state index < -0.39 is 0 Å². The molecular weight excluding hydrogens is 184 g/mol. The lowest BCUT2D eigenvalue weighted by molar-refractivity contribution is 0.641. The fourth-order valence-corrected chi connectivity index (χ4v) is 2.18. The predicted octanol–water partition coefficient (Wildman–Crippen LogP) is 2.36. The molecule has 2 unspecified atom stereocenters. The van der Waals surface area contributed by atoms with E-state index in [2.05, 4.69) is 40.3 Å². The number of rotatable bonds is 0. The van der Waals surface area contributed by atoms with Crippen LogP contribution in [0.4, 0.5) is 0 Å². The maximum atomic E-state index is 4.53. The van der Waals surface area contributed by atoms with E-state index in [1.807, 2.05) is 18.5 Å². The standard InChI is InChI=1S/C13H12N2/c1-2-5-11-10(4-1)7-9-14-12-6-3-8-15-13(11)12/h1-6,8-9,12-13H,7H2. The number of hydrogen-bond acceptors (Lipinski definition) is 2. The Morgan fingerprint density at radius 2 is 2.07 bits per heavy atom. The molecule has 0 saturated heterocycles. The van der Waals surface area contributed by atoms with Gasteiger partial charge in [0.15, 0.2) is 0 Å². The second-order valence-corrected chi connectivity index (χ2v) is 3.85. The summed E-state index contributed by atoms with van der Waals surface area (Å²) in [4.78, 5) is 9.06. The monoisotopic (exact) mass is 196 g/mol. The first kappa shape index (κ1) is 8.60. The van der Waals surface area contributed by atoms with Crippen molar-refractivity contribution in [2.75, 3.05) is 0 Å². The van der Waals surface area contributed by atoms with Crippen LogP contribution in [0.1, 0.15) is 17.2 Å². The summed E-state index contributed by atoms with van der Waals surface area (Å²) in [6, 6.07) is 8.86. The van der Waals surface area contributed by atoms with E-state index in [1.54, 1.807) is 0 Å². The van der Waals surface area contributed by atoms with Crippen LogP contribution in [-0.2, 0) is 6.42 Å². The molecule has 0 saturated carbocycles. The molecule has 2 aliphatic rings. The number of hydrogen-bond donors (Lipinski definition) is 0. The highest BCUT2D eigenvalue weighted by Gasteiger charge is 2.24. The van der Waals surface area contributed by atoms with Gasteiger partial charge in [-0.15, -0.1) is 0 Å². The Bertz CT molecular complexity index is 457. The van der Waals surface area contributed by atoms with E-state index in [4.69, 9.17) is 0 Å². The first-order chi connectivity index (χ1) is 7.45. The molecule has 15 heavy (non-hydrogen) atoms. The Morgan fingerprint density at radius 1 is 1.13 bits per heavy atom. The minimum Gasteiger partial charge on any atom is -0.287 e. The zero-order valence-corrected chi connectivity index (χ0v) is 8.38. The van der Waals surface area contributed by atoms with Gasteiger partial charge in [0.05, 0.1) is 6.04 Å². The number of nitrogens with zero attached hydrogens (tertiary/aromatic N) is 2. The minimum atomic E-state index is 0.185. The first-order valence-corrected chi connectivity index (χ1v) is 5.24. The van der Waals surface area contributed by atoms with Gasteiger partial charge in [0.1, 0.15) is 6.04 Å². The summed E-state index contributed by atoms with van der Waals surface area (Å²) in [7, 11) is 0. The second-order valence-electron chi connectivity index (χ2n) is 3.85. The smallest absolute Gasteiger partial charge is 0.101 e. The molecule has 0 bridgehead atoms. The molecule has 1 aromatic carbocycles. The molecule has 2 heterocycles. The van der Waals surface area contributed by atoms with Gasteiger partial charge >= 0.3 is 0 Å². The topological polar surface area (TPSA) is 24.7 Å². The Kier molecular flexibility index (Phi) is 1.98. The van der Waals surface area contributed by atoms with Crippen molar-refractivity contribution in [3.8, 4) is 0 Å². The Hall–Kier alpha value is -1.70. The van der Waals surface area contributed by atoms with Crippen LogP contribution in [0.5, 0.6) is 0 Å². The number of aliphatic imine (C=N–C) groups is 2. The molecule has 3 rings (SSSR count). The molecule has 0 spiro atoms. The van der Waals surface area contributed by atoms with Crippen molar-refractivity contribution in [1.82, 2.24) is 0 Å². The second kappa shape index (κ2) is 3.46. The number of dihydropyridines is 1. The van der Waals surface area contributed by atoms with Crippen molar-refractivity contribution < 1.29 is 0 Å². The minimum absolute atomic E-state index is 0.185. The lowest BCUT2D eigenvalue weighted by atomic mass is 9.94. The van der Waals surface area contributed by atoms with Gasteiger partial charge in [0.25, 0.3) is 0 Å². The third kappa shape index (κ3) is 1.42. The van der Waals surface area contributed by atoms with Crippen LogP contribution < -0.4 is 0 Å². The Balaban J connectivity index is 2.13. The van der Waals surface area contributed by atoms with Gasteiger partial charge in [-0.1, -0.05) is 30.3 Å². The van der Waals surface area contributed by atoms with E-state index in [1.165, 1.54) is 11.1 Å². The van der Waals surface area contributed by atoms with E-state index >= 15 is 0 Å². The van der Waals surface area contributed by atoms with E-state index in [0.717, 1.165) is 6.42 Å². The molecule has 0 N–H and O–H groups in total. The average molecular weight is 196 g/mol. The summed E-state index contributed by atoms with van der Waals surface area (Å²) >= 11 is 0. The zero-order valence-electron chi connectivity index (χ0n) is 8.38. The van der Waals surface area contributed by atoms with Crippen LogP contribution in [0.25, 0.3) is 0 Å². The third-order valence-electron chi connectivity index (χ3n) is 2.93. The van der Waals surface area contributed by atoms with Crippen molar-refractivity contribution in [1.29, 1.82) is 0 Å². The molecule has 0 aromatic heterocycles. The molecule has 2 aliphatic heterocycles. The average Bonchev–Trinajstić information content (AvgIpc) is 2.48. The Morgan fingerprint density at radius 3 is 3.07 bits per heavy atom. The van der Waals surface area contributed by atoms with Gasteiger partial charge in [0, 0.05) is 18.9 Å². The summed E-state index contributed by atoms with van der Waals surface area (Å²) < 4.78 is 0. The summed E-state index contributed by atoms with van der Waals surface area (Å²) in [5.41, 5.74) is 2.67. The van der Waals surface area contributed by atoms with Crippen molar-refractivity contribution in [2.24, 2.45) is 9.98 Å². The van der Waals surface area contributed by atoms with Crippen LogP contribution >= 0.6 is 0 Å². The Labute approximate surface area is 89.1 Å². The van der Waals surface area contributed by atoms with E-state index in [-0.39, 0.29) is 12.1 Å². The van der Waals surface area contributed by atoms with Crippen molar-refractivity contribution in [3.05, 3.63) is 47.5 Å². The fraction of sp³-hybridized carbons (Fsp3) is 0.231. The predicted molar refractivity (Wildman–Crippen MR) is 62.8 cm³/mol. The van der Waals surface area contributed by atoms with E-state index in [0.29, 0.717) is 0 Å². The molecule has 0 fully saturated rings. The van der Waals surface area contributed by atoms with Gasteiger partial charge in [-0.3, -0.25) is 9.98 Å². The third-order valence-corrected chi connectivity index (χ3v) is 2.93. The largest absolute Gasteiger partial charge is 0.287 e. The molecule has 0 aliphatic carbocycles. The molecule has 2 heteroatoms. The molecule has 2 nitrogen and oxygen atoms in total. The lowest BCUT2D eigenvalue weighted by Gasteiger charge is -2.20. The number of benzene rings is 1. The van der Waals surface area contributed by atoms with Crippen LogP contribution in [-0.4, -0.2) is 18.5 Å². The SMILES string of the molecule is C1=CC2N=CCc3ccccc3C2N=C1. The summed E-state index contributed by atoms with van der Waals surface area (Å²) in [5, 5.41) is 0. The highest BCUT2D eigenvalue weighted by atomic mass is 14.9. The summed E-state index contributed by atoms with van der Waals surface area (Å²) in [6.45, 7) is 0. The van der Waals surface area contributed by atoms with Crippen LogP contribution in [0.15, 0.2) is 46.4 Å². The summed E-state index contributed by atoms with van der Waals surface area (Å²) in [5.74, 6) is 0. The highest BCUT2D eigenvalue weighted by molar-refractivity contribution is 5.74. The van der Waals surface area contributed by atoms with Crippen LogP contribution in [0.3, 0.4) is 0 Å². The van der Waals surface area contributed by atoms with Crippen LogP contribution in [0, 0.1) is 0 Å². The molecule has 74 valence electrons. The number of allylic oxidation sites excluding steroid dienone is 1. The van der Waals surface area contributed by atoms with Gasteiger partial charge in [-0.2, -0.15) is 0 Å². The summed E-state index contributed by atoms with van der Waals surface area (Å²) in [6.07, 6.45) is 8.91. The molecule has 1 aromatic rings. The number of fused-ring (bicyclic) bond motifs is 3. The zero-order chi connectivity index (χ0) is 10.1. The quantitative estimate of drug-likeness (QED) is 0.608. The first-order valence-electron chi connectivity index (χ1n) is 5.24. The maximum absolute atomic E-state index is 4.53. The van der Waals surface area contributed by atoms with Gasteiger partial charge in [0.2, 0.25) is 0 Å². The normalized spacial score (nSPS) is 26.9.